The van der Waals surface area contributed by atoms with E-state index in [4.69, 9.17) is 0 Å². The maximum Gasteiger partial charge on any atom is 0.337 e. The van der Waals surface area contributed by atoms with Crippen molar-refractivity contribution in [2.45, 2.75) is 32.4 Å². The fraction of sp³-hybridized carbons (Fsp3) is 0.444. The van der Waals surface area contributed by atoms with Crippen LogP contribution in [0.25, 0.3) is 6.08 Å². The van der Waals surface area contributed by atoms with Gasteiger partial charge >= 0.3 is 5.97 Å². The average Bonchev–Trinajstić information content (AvgIpc) is 3.01. The number of hydrogen-bond acceptors (Lipinski definition) is 4. The maximum absolute atomic E-state index is 12.0. The largest absolute Gasteiger partial charge is 0.465 e. The predicted molar refractivity (Wildman–Crippen MR) is 90.1 cm³/mol. The van der Waals surface area contributed by atoms with Crippen LogP contribution < -0.4 is 5.32 Å². The minimum Gasteiger partial charge on any atom is -0.465 e. The van der Waals surface area contributed by atoms with E-state index in [1.807, 2.05) is 0 Å². The van der Waals surface area contributed by atoms with E-state index in [9.17, 15) is 9.59 Å². The van der Waals surface area contributed by atoms with Crippen LogP contribution >= 0.6 is 0 Å². The van der Waals surface area contributed by atoms with Crippen molar-refractivity contribution in [2.24, 2.45) is 0 Å². The summed E-state index contributed by atoms with van der Waals surface area (Å²) >= 11 is 0. The summed E-state index contributed by atoms with van der Waals surface area (Å²) in [6, 6.07) is 7.66. The van der Waals surface area contributed by atoms with Crippen LogP contribution in [0.3, 0.4) is 0 Å². The Labute approximate surface area is 137 Å². The Hall–Kier alpha value is -2.14. The molecule has 0 spiro atoms. The van der Waals surface area contributed by atoms with Crippen LogP contribution in [0.15, 0.2) is 30.3 Å². The van der Waals surface area contributed by atoms with Crippen LogP contribution in [0.4, 0.5) is 0 Å². The molecule has 124 valence electrons. The molecule has 0 aromatic heterocycles. The molecule has 1 aliphatic heterocycles. The molecule has 5 heteroatoms. The molecule has 0 saturated carbocycles. The smallest absolute Gasteiger partial charge is 0.337 e. The lowest BCUT2D eigenvalue weighted by molar-refractivity contribution is -0.117. The Morgan fingerprint density at radius 1 is 1.30 bits per heavy atom. The highest BCUT2D eigenvalue weighted by Crippen LogP contribution is 2.12. The van der Waals surface area contributed by atoms with Gasteiger partial charge in [-0.3, -0.25) is 9.69 Å². The molecule has 5 nitrogen and oxygen atoms in total. The molecule has 1 saturated heterocycles. The van der Waals surface area contributed by atoms with E-state index in [2.05, 4.69) is 28.8 Å². The van der Waals surface area contributed by atoms with Gasteiger partial charge in [0.05, 0.1) is 12.7 Å². The van der Waals surface area contributed by atoms with E-state index in [0.29, 0.717) is 11.6 Å². The van der Waals surface area contributed by atoms with Crippen LogP contribution in [-0.2, 0) is 9.53 Å². The number of carbonyl (C=O) groups is 2. The lowest BCUT2D eigenvalue weighted by Crippen LogP contribution is -2.37. The number of ether oxygens (including phenoxy) is 1. The molecular formula is C18H24N2O3. The quantitative estimate of drug-likeness (QED) is 0.667. The monoisotopic (exact) mass is 316 g/mol. The summed E-state index contributed by atoms with van der Waals surface area (Å²) in [5, 5.41) is 3.03. The molecule has 23 heavy (non-hydrogen) atoms. The third kappa shape index (κ3) is 4.93. The molecular weight excluding hydrogens is 292 g/mol. The summed E-state index contributed by atoms with van der Waals surface area (Å²) in [4.78, 5) is 25.7. The minimum atomic E-state index is -0.366. The van der Waals surface area contributed by atoms with Crippen molar-refractivity contribution in [3.63, 3.8) is 0 Å². The number of nitrogens with one attached hydrogen (secondary N) is 1. The Balaban J connectivity index is 1.85. The second kappa shape index (κ2) is 7.92. The van der Waals surface area contributed by atoms with Crippen molar-refractivity contribution in [3.05, 3.63) is 41.5 Å². The van der Waals surface area contributed by atoms with Crippen LogP contribution in [0.5, 0.6) is 0 Å². The summed E-state index contributed by atoms with van der Waals surface area (Å²) in [5.74, 6) is -0.452. The van der Waals surface area contributed by atoms with Gasteiger partial charge in [0.1, 0.15) is 0 Å². The second-order valence-electron chi connectivity index (χ2n) is 6.03. The van der Waals surface area contributed by atoms with Gasteiger partial charge in [-0.1, -0.05) is 12.1 Å². The van der Waals surface area contributed by atoms with Crippen molar-refractivity contribution >= 4 is 18.0 Å². The van der Waals surface area contributed by atoms with Gasteiger partial charge in [0.25, 0.3) is 0 Å². The highest BCUT2D eigenvalue weighted by Gasteiger charge is 2.24. The van der Waals surface area contributed by atoms with Gasteiger partial charge in [-0.15, -0.1) is 0 Å². The van der Waals surface area contributed by atoms with E-state index >= 15 is 0 Å². The fourth-order valence-corrected chi connectivity index (χ4v) is 2.64. The van der Waals surface area contributed by atoms with Crippen LogP contribution in [0, 0.1) is 0 Å². The van der Waals surface area contributed by atoms with E-state index in [0.717, 1.165) is 25.1 Å². The Kier molecular flexibility index (Phi) is 5.93. The summed E-state index contributed by atoms with van der Waals surface area (Å²) < 4.78 is 4.65. The van der Waals surface area contributed by atoms with Gasteiger partial charge in [-0.25, -0.2) is 4.79 Å². The molecule has 1 unspecified atom stereocenters. The van der Waals surface area contributed by atoms with Crippen molar-refractivity contribution in [2.75, 3.05) is 20.2 Å². The molecule has 1 N–H and O–H groups in total. The normalized spacial score (nSPS) is 18.5. The van der Waals surface area contributed by atoms with Crippen molar-refractivity contribution < 1.29 is 14.3 Å². The number of hydrogen-bond donors (Lipinski definition) is 1. The van der Waals surface area contributed by atoms with Gasteiger partial charge in [0.15, 0.2) is 0 Å². The van der Waals surface area contributed by atoms with E-state index in [1.54, 1.807) is 30.3 Å². The minimum absolute atomic E-state index is 0.0855. The summed E-state index contributed by atoms with van der Waals surface area (Å²) in [7, 11) is 1.35. The third-order valence-electron chi connectivity index (χ3n) is 4.06. The first-order chi connectivity index (χ1) is 11.0. The summed E-state index contributed by atoms with van der Waals surface area (Å²) in [6.07, 6.45) is 4.27. The molecule has 1 heterocycles. The number of likely N-dealkylation sites (tertiary alicyclic amines) is 1. The first-order valence-electron chi connectivity index (χ1n) is 7.90. The zero-order chi connectivity index (χ0) is 16.8. The number of amides is 1. The van der Waals surface area contributed by atoms with E-state index in [-0.39, 0.29) is 17.9 Å². The third-order valence-corrected chi connectivity index (χ3v) is 4.06. The van der Waals surface area contributed by atoms with Gasteiger partial charge in [0.2, 0.25) is 5.91 Å². The van der Waals surface area contributed by atoms with Gasteiger partial charge in [-0.05, 0) is 44.0 Å². The molecule has 1 aliphatic rings. The molecule has 1 fully saturated rings. The van der Waals surface area contributed by atoms with Crippen molar-refractivity contribution in [1.29, 1.82) is 0 Å². The van der Waals surface area contributed by atoms with Gasteiger partial charge < -0.3 is 10.1 Å². The van der Waals surface area contributed by atoms with Crippen LogP contribution in [0.2, 0.25) is 0 Å². The first-order valence-corrected chi connectivity index (χ1v) is 7.90. The Morgan fingerprint density at radius 3 is 2.57 bits per heavy atom. The van der Waals surface area contributed by atoms with Crippen molar-refractivity contribution in [3.8, 4) is 0 Å². The molecule has 0 radical (unpaired) electrons. The molecule has 2 rings (SSSR count). The Bertz CT molecular complexity index is 578. The van der Waals surface area contributed by atoms with Crippen LogP contribution in [-0.4, -0.2) is 49.1 Å². The van der Waals surface area contributed by atoms with Gasteiger partial charge in [0, 0.05) is 31.2 Å². The molecule has 1 aromatic carbocycles. The standard InChI is InChI=1S/C18H24N2O3/c1-13(2)20-11-10-16(12-20)19-17(21)9-6-14-4-7-15(8-5-14)18(22)23-3/h4-9,13,16H,10-12H2,1-3H3,(H,19,21)/b9-6+. The maximum atomic E-state index is 12.0. The number of carbonyl (C=O) groups excluding carboxylic acids is 2. The second-order valence-corrected chi connectivity index (χ2v) is 6.03. The SMILES string of the molecule is COC(=O)c1ccc(/C=C/C(=O)NC2CCN(C(C)C)C2)cc1. The zero-order valence-electron chi connectivity index (χ0n) is 13.9. The number of esters is 1. The summed E-state index contributed by atoms with van der Waals surface area (Å²) in [6.45, 7) is 6.27. The highest BCUT2D eigenvalue weighted by molar-refractivity contribution is 5.92. The van der Waals surface area contributed by atoms with E-state index < -0.39 is 0 Å². The number of nitrogens with zero attached hydrogens (tertiary/aromatic N) is 1. The molecule has 0 bridgehead atoms. The van der Waals surface area contributed by atoms with Crippen molar-refractivity contribution in [1.82, 2.24) is 10.2 Å². The zero-order valence-corrected chi connectivity index (χ0v) is 13.9. The molecule has 1 atom stereocenters. The molecule has 1 amide bonds. The predicted octanol–water partition coefficient (Wildman–Crippen LogP) is 2.09. The van der Waals surface area contributed by atoms with Gasteiger partial charge in [-0.2, -0.15) is 0 Å². The fourth-order valence-electron chi connectivity index (χ4n) is 2.64. The Morgan fingerprint density at radius 2 is 2.00 bits per heavy atom. The lowest BCUT2D eigenvalue weighted by atomic mass is 10.1. The topological polar surface area (TPSA) is 58.6 Å². The average molecular weight is 316 g/mol. The number of rotatable bonds is 5. The number of methoxy groups -OCH3 is 1. The molecule has 1 aromatic rings. The van der Waals surface area contributed by atoms with E-state index in [1.165, 1.54) is 13.2 Å². The number of benzene rings is 1. The first kappa shape index (κ1) is 17.2. The highest BCUT2D eigenvalue weighted by atomic mass is 16.5. The van der Waals surface area contributed by atoms with Crippen LogP contribution in [0.1, 0.15) is 36.2 Å². The molecule has 0 aliphatic carbocycles. The lowest BCUT2D eigenvalue weighted by Gasteiger charge is -2.20. The summed E-state index contributed by atoms with van der Waals surface area (Å²) in [5.41, 5.74) is 1.36.